The van der Waals surface area contributed by atoms with Gasteiger partial charge in [0.1, 0.15) is 5.75 Å². The van der Waals surface area contributed by atoms with Crippen molar-refractivity contribution in [2.24, 2.45) is 0 Å². The summed E-state index contributed by atoms with van der Waals surface area (Å²) in [5, 5.41) is 4.70. The first-order valence-corrected chi connectivity index (χ1v) is 12.6. The van der Waals surface area contributed by atoms with Crippen molar-refractivity contribution >= 4 is 44.7 Å². The van der Waals surface area contributed by atoms with Gasteiger partial charge in [0, 0.05) is 25.0 Å². The molecule has 0 radical (unpaired) electrons. The summed E-state index contributed by atoms with van der Waals surface area (Å²) in [5.41, 5.74) is 3.39. The predicted octanol–water partition coefficient (Wildman–Crippen LogP) is 4.11. The number of nitrogens with zero attached hydrogens (tertiary/aromatic N) is 2. The van der Waals surface area contributed by atoms with E-state index in [9.17, 15) is 13.2 Å². The molecule has 164 valence electrons. The molecule has 7 nitrogen and oxygen atoms in total. The number of anilines is 1. The highest BCUT2D eigenvalue weighted by atomic mass is 32.2. The lowest BCUT2D eigenvalue weighted by atomic mass is 10.1. The molecule has 0 aliphatic rings. The number of methoxy groups -OCH3 is 1. The minimum absolute atomic E-state index is 0.0731. The first kappa shape index (κ1) is 23.3. The number of carbonyl (C=O) groups excluding carboxylic acids is 1. The summed E-state index contributed by atoms with van der Waals surface area (Å²) in [4.78, 5) is 17.1. The van der Waals surface area contributed by atoms with Crippen LogP contribution in [0.3, 0.4) is 0 Å². The summed E-state index contributed by atoms with van der Waals surface area (Å²) in [6, 6.07) is 12.5. The lowest BCUT2D eigenvalue weighted by Gasteiger charge is -2.15. The molecule has 0 fully saturated rings. The maximum Gasteiger partial charge on any atom is 0.242 e. The summed E-state index contributed by atoms with van der Waals surface area (Å²) in [6.07, 6.45) is 0. The zero-order valence-corrected chi connectivity index (χ0v) is 20.0. The fourth-order valence-electron chi connectivity index (χ4n) is 2.65. The van der Waals surface area contributed by atoms with Gasteiger partial charge in [0.15, 0.2) is 4.34 Å². The van der Waals surface area contributed by atoms with Gasteiger partial charge in [-0.3, -0.25) is 4.79 Å². The van der Waals surface area contributed by atoms with Gasteiger partial charge in [-0.25, -0.2) is 17.7 Å². The fourth-order valence-corrected chi connectivity index (χ4v) is 5.21. The zero-order chi connectivity index (χ0) is 22.6. The topological polar surface area (TPSA) is 88.6 Å². The molecule has 2 aromatic carbocycles. The number of sulfonamides is 1. The number of aryl methyl sites for hydroxylation is 1. The Kier molecular flexibility index (Phi) is 7.37. The van der Waals surface area contributed by atoms with Crippen molar-refractivity contribution in [3.8, 4) is 17.0 Å². The van der Waals surface area contributed by atoms with Crippen molar-refractivity contribution in [2.75, 3.05) is 32.3 Å². The van der Waals surface area contributed by atoms with Crippen LogP contribution < -0.4 is 10.1 Å². The van der Waals surface area contributed by atoms with E-state index in [4.69, 9.17) is 4.74 Å². The van der Waals surface area contributed by atoms with Gasteiger partial charge in [0.25, 0.3) is 0 Å². The van der Waals surface area contributed by atoms with E-state index < -0.39 is 10.0 Å². The molecule has 3 rings (SSSR count). The Labute approximate surface area is 190 Å². The number of amides is 1. The molecule has 0 unspecified atom stereocenters. The van der Waals surface area contributed by atoms with Gasteiger partial charge < -0.3 is 10.1 Å². The number of hydrogen-bond acceptors (Lipinski definition) is 7. The molecule has 0 aliphatic heterocycles. The summed E-state index contributed by atoms with van der Waals surface area (Å²) in [6.45, 7) is 2.03. The lowest BCUT2D eigenvalue weighted by molar-refractivity contribution is -0.113. The zero-order valence-electron chi connectivity index (χ0n) is 17.6. The van der Waals surface area contributed by atoms with Gasteiger partial charge in [0.2, 0.25) is 15.9 Å². The van der Waals surface area contributed by atoms with E-state index in [-0.39, 0.29) is 16.6 Å². The predicted molar refractivity (Wildman–Crippen MR) is 126 cm³/mol. The molecule has 3 aromatic rings. The van der Waals surface area contributed by atoms with Gasteiger partial charge in [-0.1, -0.05) is 41.6 Å². The Morgan fingerprint density at radius 3 is 2.55 bits per heavy atom. The molecular formula is C21H23N3O4S3. The van der Waals surface area contributed by atoms with Crippen LogP contribution in [0.25, 0.3) is 11.3 Å². The molecule has 1 N–H and O–H groups in total. The Balaban J connectivity index is 1.68. The van der Waals surface area contributed by atoms with Gasteiger partial charge in [-0.05, 0) is 25.1 Å². The molecule has 0 saturated carbocycles. The molecular weight excluding hydrogens is 454 g/mol. The van der Waals surface area contributed by atoms with E-state index in [1.165, 1.54) is 68.1 Å². The first-order chi connectivity index (χ1) is 14.7. The van der Waals surface area contributed by atoms with E-state index >= 15 is 0 Å². The number of ether oxygens (including phenoxy) is 1. The average molecular weight is 478 g/mol. The number of thiazole rings is 1. The summed E-state index contributed by atoms with van der Waals surface area (Å²) in [5.74, 6) is 0.232. The second kappa shape index (κ2) is 9.82. The Bertz CT molecular complexity index is 1170. The summed E-state index contributed by atoms with van der Waals surface area (Å²) < 4.78 is 31.9. The van der Waals surface area contributed by atoms with E-state index in [1.54, 1.807) is 0 Å². The molecule has 10 heteroatoms. The van der Waals surface area contributed by atoms with Crippen LogP contribution >= 0.6 is 23.1 Å². The van der Waals surface area contributed by atoms with Crippen LogP contribution in [-0.2, 0) is 14.8 Å². The van der Waals surface area contributed by atoms with Crippen molar-refractivity contribution in [3.05, 3.63) is 53.4 Å². The highest BCUT2D eigenvalue weighted by molar-refractivity contribution is 8.01. The molecule has 1 aromatic heterocycles. The van der Waals surface area contributed by atoms with Crippen LogP contribution in [0.2, 0.25) is 0 Å². The normalized spacial score (nSPS) is 11.5. The standard InChI is InChI=1S/C21H23N3O4S3/c1-14-5-7-15(8-6-14)18-12-29-21(23-18)30-13-20(25)22-17-11-16(9-10-19(17)28-4)31(26,27)24(2)3/h5-12H,13H2,1-4H3,(H,22,25). The van der Waals surface area contributed by atoms with Crippen molar-refractivity contribution in [3.63, 3.8) is 0 Å². The SMILES string of the molecule is COc1ccc(S(=O)(=O)N(C)C)cc1NC(=O)CSc1nc(-c2ccc(C)cc2)cs1. The van der Waals surface area contributed by atoms with Crippen LogP contribution in [0.4, 0.5) is 5.69 Å². The second-order valence-electron chi connectivity index (χ2n) is 6.85. The number of hydrogen-bond donors (Lipinski definition) is 1. The summed E-state index contributed by atoms with van der Waals surface area (Å²) in [7, 11) is 0.735. The maximum atomic E-state index is 12.5. The molecule has 0 aliphatic carbocycles. The number of nitrogens with one attached hydrogen (secondary N) is 1. The van der Waals surface area contributed by atoms with Gasteiger partial charge in [-0.15, -0.1) is 11.3 Å². The maximum absolute atomic E-state index is 12.5. The number of aromatic nitrogens is 1. The number of thioether (sulfide) groups is 1. The van der Waals surface area contributed by atoms with Crippen LogP contribution in [-0.4, -0.2) is 50.6 Å². The third kappa shape index (κ3) is 5.65. The van der Waals surface area contributed by atoms with Crippen LogP contribution in [0.1, 0.15) is 5.56 Å². The molecule has 1 heterocycles. The Hall–Kier alpha value is -2.40. The minimum Gasteiger partial charge on any atom is -0.495 e. The van der Waals surface area contributed by atoms with Crippen LogP contribution in [0, 0.1) is 6.92 Å². The van der Waals surface area contributed by atoms with E-state index in [0.29, 0.717) is 11.4 Å². The van der Waals surface area contributed by atoms with Gasteiger partial charge in [0.05, 0.1) is 29.1 Å². The van der Waals surface area contributed by atoms with Crippen molar-refractivity contribution in [1.82, 2.24) is 9.29 Å². The third-order valence-corrected chi connectivity index (χ3v) is 8.21. The van der Waals surface area contributed by atoms with Crippen LogP contribution in [0.15, 0.2) is 57.1 Å². The lowest BCUT2D eigenvalue weighted by Crippen LogP contribution is -2.22. The Morgan fingerprint density at radius 2 is 1.90 bits per heavy atom. The summed E-state index contributed by atoms with van der Waals surface area (Å²) >= 11 is 2.80. The van der Waals surface area contributed by atoms with Crippen molar-refractivity contribution in [2.45, 2.75) is 16.2 Å². The average Bonchev–Trinajstić information content (AvgIpc) is 3.21. The highest BCUT2D eigenvalue weighted by Crippen LogP contribution is 2.30. The van der Waals surface area contributed by atoms with Crippen molar-refractivity contribution in [1.29, 1.82) is 0 Å². The number of rotatable bonds is 8. The minimum atomic E-state index is -3.63. The highest BCUT2D eigenvalue weighted by Gasteiger charge is 2.20. The molecule has 0 saturated heterocycles. The monoisotopic (exact) mass is 477 g/mol. The quantitative estimate of drug-likeness (QED) is 0.491. The molecule has 1 amide bonds. The molecule has 0 atom stereocenters. The first-order valence-electron chi connectivity index (χ1n) is 9.26. The van der Waals surface area contributed by atoms with Gasteiger partial charge >= 0.3 is 0 Å². The van der Waals surface area contributed by atoms with E-state index in [1.807, 2.05) is 36.6 Å². The third-order valence-electron chi connectivity index (χ3n) is 4.38. The fraction of sp³-hybridized carbons (Fsp3) is 0.238. The Morgan fingerprint density at radius 1 is 1.19 bits per heavy atom. The smallest absolute Gasteiger partial charge is 0.242 e. The van der Waals surface area contributed by atoms with E-state index in [0.717, 1.165) is 19.9 Å². The van der Waals surface area contributed by atoms with Gasteiger partial charge in [-0.2, -0.15) is 0 Å². The molecule has 0 spiro atoms. The molecule has 31 heavy (non-hydrogen) atoms. The van der Waals surface area contributed by atoms with Crippen molar-refractivity contribution < 1.29 is 17.9 Å². The second-order valence-corrected chi connectivity index (χ2v) is 11.1. The molecule has 0 bridgehead atoms. The number of carbonyl (C=O) groups is 1. The largest absolute Gasteiger partial charge is 0.495 e. The number of benzene rings is 2. The van der Waals surface area contributed by atoms with E-state index in [2.05, 4.69) is 10.3 Å². The van der Waals surface area contributed by atoms with Crippen LogP contribution in [0.5, 0.6) is 5.75 Å².